The van der Waals surface area contributed by atoms with E-state index in [1.54, 1.807) is 13.1 Å². The maximum Gasteiger partial charge on any atom is 0.573 e. The summed E-state index contributed by atoms with van der Waals surface area (Å²) in [7, 11) is 1.55. The number of Topliss-reactive ketones (excluding diaryl/α,β-unsaturated/α-hetero) is 1. The third-order valence-electron chi connectivity index (χ3n) is 3.74. The molecule has 0 aliphatic heterocycles. The topological polar surface area (TPSA) is 58.6 Å². The molecule has 2 unspecified atom stereocenters. The summed E-state index contributed by atoms with van der Waals surface area (Å²) in [5.41, 5.74) is -0.821. The molecule has 1 aliphatic carbocycles. The van der Waals surface area contributed by atoms with Gasteiger partial charge >= 0.3 is 6.36 Å². The monoisotopic (exact) mass is 303 g/mol. The van der Waals surface area contributed by atoms with Crippen LogP contribution in [0.2, 0.25) is 0 Å². The van der Waals surface area contributed by atoms with Crippen molar-refractivity contribution in [2.75, 3.05) is 7.05 Å². The summed E-state index contributed by atoms with van der Waals surface area (Å²) in [6.45, 7) is 0. The van der Waals surface area contributed by atoms with Crippen LogP contribution >= 0.6 is 0 Å². The van der Waals surface area contributed by atoms with E-state index in [-0.39, 0.29) is 5.75 Å². The normalized spacial score (nSPS) is 26.7. The molecule has 4 nitrogen and oxygen atoms in total. The first kappa shape index (κ1) is 15.8. The highest BCUT2D eigenvalue weighted by Gasteiger charge is 2.44. The molecule has 0 saturated heterocycles. The van der Waals surface area contributed by atoms with Gasteiger partial charge < -0.3 is 15.2 Å². The van der Waals surface area contributed by atoms with E-state index in [0.717, 1.165) is 0 Å². The number of rotatable bonds is 3. The van der Waals surface area contributed by atoms with E-state index >= 15 is 0 Å². The minimum absolute atomic E-state index is 0.357. The number of ether oxygens (including phenoxy) is 1. The number of aliphatic hydroxyl groups excluding tert-OH is 1. The highest BCUT2D eigenvalue weighted by molar-refractivity contribution is 5.93. The number of nitrogens with one attached hydrogen (secondary N) is 1. The number of halogens is 3. The zero-order valence-electron chi connectivity index (χ0n) is 11.4. The van der Waals surface area contributed by atoms with Crippen LogP contribution in [0.4, 0.5) is 13.2 Å². The number of likely N-dealkylation sites (N-methyl/N-ethyl adjacent to an activating group) is 1. The van der Waals surface area contributed by atoms with Crippen LogP contribution in [-0.2, 0) is 10.3 Å². The molecule has 0 radical (unpaired) electrons. The highest BCUT2D eigenvalue weighted by atomic mass is 19.4. The second-order valence-electron chi connectivity index (χ2n) is 5.00. The number of aliphatic hydroxyl groups is 1. The Morgan fingerprint density at radius 2 is 2.14 bits per heavy atom. The fourth-order valence-electron chi connectivity index (χ4n) is 2.74. The predicted molar refractivity (Wildman–Crippen MR) is 68.7 cm³/mol. The first-order valence-corrected chi connectivity index (χ1v) is 6.56. The summed E-state index contributed by atoms with van der Waals surface area (Å²) >= 11 is 0. The van der Waals surface area contributed by atoms with Crippen LogP contribution in [0.15, 0.2) is 24.3 Å². The lowest BCUT2D eigenvalue weighted by Crippen LogP contribution is -2.54. The van der Waals surface area contributed by atoms with Crippen LogP contribution < -0.4 is 10.1 Å². The van der Waals surface area contributed by atoms with Gasteiger partial charge in [0, 0.05) is 0 Å². The number of hydrogen-bond donors (Lipinski definition) is 2. The van der Waals surface area contributed by atoms with Gasteiger partial charge in [-0.15, -0.1) is 13.2 Å². The Morgan fingerprint density at radius 3 is 2.76 bits per heavy atom. The fourth-order valence-corrected chi connectivity index (χ4v) is 2.74. The average molecular weight is 303 g/mol. The molecule has 1 saturated carbocycles. The van der Waals surface area contributed by atoms with Crippen molar-refractivity contribution < 1.29 is 27.8 Å². The van der Waals surface area contributed by atoms with Gasteiger partial charge in [0.25, 0.3) is 0 Å². The number of carbonyl (C=O) groups excluding carboxylic acids is 1. The van der Waals surface area contributed by atoms with Crippen molar-refractivity contribution in [1.29, 1.82) is 0 Å². The number of hydrogen-bond acceptors (Lipinski definition) is 4. The summed E-state index contributed by atoms with van der Waals surface area (Å²) in [5, 5.41) is 12.6. The van der Waals surface area contributed by atoms with Gasteiger partial charge in [0.1, 0.15) is 17.4 Å². The maximum atomic E-state index is 12.3. The third-order valence-corrected chi connectivity index (χ3v) is 3.74. The Kier molecular flexibility index (Phi) is 4.25. The smallest absolute Gasteiger partial charge is 0.406 e. The van der Waals surface area contributed by atoms with Crippen molar-refractivity contribution in [1.82, 2.24) is 5.32 Å². The Bertz CT molecular complexity index is 532. The standard InChI is InChI=1S/C14H16F3NO3/c1-18-13(7-3-6-11(19)12(13)20)9-4-2-5-10(8-9)21-14(15,16)17/h2,4-5,8,11,18-19H,3,6-7H2,1H3. The Morgan fingerprint density at radius 1 is 1.43 bits per heavy atom. The molecule has 2 N–H and O–H groups in total. The average Bonchev–Trinajstić information content (AvgIpc) is 2.40. The fraction of sp³-hybridized carbons (Fsp3) is 0.500. The summed E-state index contributed by atoms with van der Waals surface area (Å²) < 4.78 is 40.7. The Labute approximate surface area is 119 Å². The van der Waals surface area contributed by atoms with Gasteiger partial charge in [0.15, 0.2) is 5.78 Å². The molecule has 21 heavy (non-hydrogen) atoms. The van der Waals surface area contributed by atoms with Gasteiger partial charge in [-0.3, -0.25) is 4.79 Å². The maximum absolute atomic E-state index is 12.3. The largest absolute Gasteiger partial charge is 0.573 e. The molecule has 2 atom stereocenters. The van der Waals surface area contributed by atoms with Crippen LogP contribution in [0.3, 0.4) is 0 Å². The molecule has 1 aliphatic rings. The highest BCUT2D eigenvalue weighted by Crippen LogP contribution is 2.36. The number of alkyl halides is 3. The summed E-state index contributed by atoms with van der Waals surface area (Å²) in [5.74, 6) is -0.817. The molecule has 1 aromatic rings. The van der Waals surface area contributed by atoms with Crippen molar-refractivity contribution in [3.05, 3.63) is 29.8 Å². The van der Waals surface area contributed by atoms with Crippen LogP contribution in [0.5, 0.6) is 5.75 Å². The molecule has 0 aromatic heterocycles. The first-order valence-electron chi connectivity index (χ1n) is 6.56. The van der Waals surface area contributed by atoms with E-state index in [2.05, 4.69) is 10.1 Å². The molecule has 0 bridgehead atoms. The number of carbonyl (C=O) groups is 1. The quantitative estimate of drug-likeness (QED) is 0.898. The minimum atomic E-state index is -4.79. The molecule has 116 valence electrons. The molecule has 0 spiro atoms. The van der Waals surface area contributed by atoms with Gasteiger partial charge in [-0.1, -0.05) is 12.1 Å². The molecule has 7 heteroatoms. The lowest BCUT2D eigenvalue weighted by Gasteiger charge is -2.38. The lowest BCUT2D eigenvalue weighted by molar-refractivity contribution is -0.274. The number of benzene rings is 1. The molecular formula is C14H16F3NO3. The van der Waals surface area contributed by atoms with Crippen molar-refractivity contribution in [2.24, 2.45) is 0 Å². The molecule has 2 rings (SSSR count). The molecule has 0 heterocycles. The second-order valence-corrected chi connectivity index (χ2v) is 5.00. The van der Waals surface area contributed by atoms with Gasteiger partial charge in [0.2, 0.25) is 0 Å². The Balaban J connectivity index is 2.38. The summed E-state index contributed by atoms with van der Waals surface area (Å²) in [6, 6.07) is 5.30. The van der Waals surface area contributed by atoms with Crippen molar-refractivity contribution >= 4 is 5.78 Å². The minimum Gasteiger partial charge on any atom is -0.406 e. The predicted octanol–water partition coefficient (Wildman–Crippen LogP) is 2.11. The van der Waals surface area contributed by atoms with E-state index in [9.17, 15) is 23.1 Å². The van der Waals surface area contributed by atoms with Gasteiger partial charge in [-0.25, -0.2) is 0 Å². The molecule has 0 amide bonds. The van der Waals surface area contributed by atoms with Crippen LogP contribution in [0.1, 0.15) is 24.8 Å². The zero-order valence-corrected chi connectivity index (χ0v) is 11.4. The molecular weight excluding hydrogens is 287 g/mol. The molecule has 1 fully saturated rings. The van der Waals surface area contributed by atoms with E-state index in [0.29, 0.717) is 24.8 Å². The second kappa shape index (κ2) is 5.65. The van der Waals surface area contributed by atoms with Gasteiger partial charge in [0.05, 0.1) is 0 Å². The summed E-state index contributed by atoms with van der Waals surface area (Å²) in [4.78, 5) is 12.3. The zero-order chi connectivity index (χ0) is 15.7. The van der Waals surface area contributed by atoms with Crippen molar-refractivity contribution in [3.63, 3.8) is 0 Å². The SMILES string of the molecule is CNC1(c2cccc(OC(F)(F)F)c2)CCCC(O)C1=O. The Hall–Kier alpha value is -1.60. The third kappa shape index (κ3) is 3.19. The first-order chi connectivity index (χ1) is 9.78. The van der Waals surface area contributed by atoms with Crippen molar-refractivity contribution in [2.45, 2.75) is 37.3 Å². The van der Waals surface area contributed by atoms with Crippen LogP contribution in [0.25, 0.3) is 0 Å². The van der Waals surface area contributed by atoms with E-state index in [1.807, 2.05) is 0 Å². The van der Waals surface area contributed by atoms with Crippen LogP contribution in [-0.4, -0.2) is 30.4 Å². The number of ketones is 1. The van der Waals surface area contributed by atoms with E-state index < -0.39 is 23.8 Å². The van der Waals surface area contributed by atoms with Crippen molar-refractivity contribution in [3.8, 4) is 5.75 Å². The van der Waals surface area contributed by atoms with Gasteiger partial charge in [-0.2, -0.15) is 0 Å². The van der Waals surface area contributed by atoms with E-state index in [1.165, 1.54) is 18.2 Å². The molecule has 1 aromatic carbocycles. The van der Waals surface area contributed by atoms with Crippen LogP contribution in [0, 0.1) is 0 Å². The van der Waals surface area contributed by atoms with E-state index in [4.69, 9.17) is 0 Å². The van der Waals surface area contributed by atoms with Gasteiger partial charge in [-0.05, 0) is 44.0 Å². The summed E-state index contributed by atoms with van der Waals surface area (Å²) in [6.07, 6.45) is -4.53. The lowest BCUT2D eigenvalue weighted by atomic mass is 9.74.